The van der Waals surface area contributed by atoms with E-state index in [0.29, 0.717) is 10.8 Å². The summed E-state index contributed by atoms with van der Waals surface area (Å²) in [5.74, 6) is 1.64. The van der Waals surface area contributed by atoms with Crippen LogP contribution in [-0.4, -0.2) is 18.5 Å². The summed E-state index contributed by atoms with van der Waals surface area (Å²) in [6.07, 6.45) is 8.07. The van der Waals surface area contributed by atoms with E-state index in [1.165, 1.54) is 32.1 Å². The molecule has 2 heteroatoms. The van der Waals surface area contributed by atoms with Crippen molar-refractivity contribution in [2.45, 2.75) is 71.2 Å². The summed E-state index contributed by atoms with van der Waals surface area (Å²) in [6, 6.07) is 0. The smallest absolute Gasteiger partial charge is 0.159 e. The molecular weight excluding hydrogens is 224 g/mol. The molecule has 5 atom stereocenters. The highest BCUT2D eigenvalue weighted by molar-refractivity contribution is 5.13. The molecule has 0 unspecified atom stereocenters. The van der Waals surface area contributed by atoms with Gasteiger partial charge in [0.2, 0.25) is 0 Å². The summed E-state index contributed by atoms with van der Waals surface area (Å²) in [7, 11) is 0. The molecule has 4 rings (SSSR count). The second-order valence-corrected chi connectivity index (χ2v) is 8.15. The Balaban J connectivity index is 1.74. The third kappa shape index (κ3) is 1.27. The molecule has 4 aliphatic rings. The summed E-state index contributed by atoms with van der Waals surface area (Å²) < 4.78 is 12.0. The average molecular weight is 250 g/mol. The van der Waals surface area contributed by atoms with Gasteiger partial charge in [-0.25, -0.2) is 0 Å². The molecule has 2 heterocycles. The molecule has 1 spiro atoms. The van der Waals surface area contributed by atoms with Gasteiger partial charge in [-0.3, -0.25) is 0 Å². The summed E-state index contributed by atoms with van der Waals surface area (Å²) in [4.78, 5) is 0. The van der Waals surface area contributed by atoms with Gasteiger partial charge in [-0.05, 0) is 42.4 Å². The Morgan fingerprint density at radius 3 is 2.61 bits per heavy atom. The van der Waals surface area contributed by atoms with Gasteiger partial charge < -0.3 is 9.47 Å². The third-order valence-electron chi connectivity index (χ3n) is 6.87. The minimum atomic E-state index is 0.101. The van der Waals surface area contributed by atoms with E-state index in [9.17, 15) is 0 Å². The fraction of sp³-hybridized carbons (Fsp3) is 1.00. The minimum absolute atomic E-state index is 0.101. The van der Waals surface area contributed by atoms with Crippen LogP contribution in [0.3, 0.4) is 0 Å². The van der Waals surface area contributed by atoms with E-state index in [0.717, 1.165) is 24.9 Å². The first-order chi connectivity index (χ1) is 8.46. The molecule has 4 fully saturated rings. The topological polar surface area (TPSA) is 18.5 Å². The summed E-state index contributed by atoms with van der Waals surface area (Å²) in [5, 5.41) is 0. The van der Waals surface area contributed by atoms with Gasteiger partial charge in [-0.1, -0.05) is 27.2 Å². The van der Waals surface area contributed by atoms with Crippen LogP contribution in [0.1, 0.15) is 59.3 Å². The molecule has 102 valence electrons. The van der Waals surface area contributed by atoms with Gasteiger partial charge in [-0.2, -0.15) is 0 Å². The zero-order valence-corrected chi connectivity index (χ0v) is 12.0. The molecule has 2 bridgehead atoms. The van der Waals surface area contributed by atoms with Crippen LogP contribution in [0.4, 0.5) is 0 Å². The molecule has 18 heavy (non-hydrogen) atoms. The van der Waals surface area contributed by atoms with Gasteiger partial charge in [0.1, 0.15) is 0 Å². The SMILES string of the molecule is CC1(C)CCC[C@@]2(C)[C@H]1CC[C@]13CO[C@H](C[C@@H]12)O3. The summed E-state index contributed by atoms with van der Waals surface area (Å²) in [6.45, 7) is 8.43. The fourth-order valence-corrected chi connectivity index (χ4v) is 6.14. The molecular formula is C16H26O2. The molecule has 2 aliphatic carbocycles. The van der Waals surface area contributed by atoms with E-state index in [2.05, 4.69) is 20.8 Å². The van der Waals surface area contributed by atoms with Crippen molar-refractivity contribution in [3.05, 3.63) is 0 Å². The van der Waals surface area contributed by atoms with E-state index < -0.39 is 0 Å². The van der Waals surface area contributed by atoms with Gasteiger partial charge in [0.15, 0.2) is 6.29 Å². The van der Waals surface area contributed by atoms with Crippen molar-refractivity contribution in [1.82, 2.24) is 0 Å². The third-order valence-corrected chi connectivity index (χ3v) is 6.87. The molecule has 2 saturated carbocycles. The largest absolute Gasteiger partial charge is 0.350 e. The molecule has 2 saturated heterocycles. The molecule has 2 nitrogen and oxygen atoms in total. The van der Waals surface area contributed by atoms with Crippen LogP contribution in [0, 0.1) is 22.7 Å². The Morgan fingerprint density at radius 2 is 1.83 bits per heavy atom. The first kappa shape index (κ1) is 11.7. The van der Waals surface area contributed by atoms with Crippen molar-refractivity contribution in [2.75, 3.05) is 6.61 Å². The molecule has 0 radical (unpaired) electrons. The Labute approximate surface area is 110 Å². The van der Waals surface area contributed by atoms with E-state index in [1.54, 1.807) is 0 Å². The Hall–Kier alpha value is -0.0800. The van der Waals surface area contributed by atoms with Crippen LogP contribution in [0.5, 0.6) is 0 Å². The van der Waals surface area contributed by atoms with Crippen LogP contribution in [-0.2, 0) is 9.47 Å². The maximum Gasteiger partial charge on any atom is 0.159 e. The highest BCUT2D eigenvalue weighted by atomic mass is 16.7. The number of hydrogen-bond acceptors (Lipinski definition) is 2. The first-order valence-electron chi connectivity index (χ1n) is 7.76. The molecule has 0 N–H and O–H groups in total. The quantitative estimate of drug-likeness (QED) is 0.652. The molecule has 2 aliphatic heterocycles. The maximum atomic E-state index is 6.22. The van der Waals surface area contributed by atoms with Crippen LogP contribution in [0.2, 0.25) is 0 Å². The highest BCUT2D eigenvalue weighted by Crippen LogP contribution is 2.67. The van der Waals surface area contributed by atoms with Gasteiger partial charge in [0.05, 0.1) is 12.2 Å². The summed E-state index contributed by atoms with van der Waals surface area (Å²) in [5.41, 5.74) is 1.12. The van der Waals surface area contributed by atoms with E-state index in [1.807, 2.05) is 0 Å². The molecule has 0 aromatic rings. The number of rotatable bonds is 0. The zero-order chi connectivity index (χ0) is 12.6. The van der Waals surface area contributed by atoms with Gasteiger partial charge in [0, 0.05) is 12.3 Å². The van der Waals surface area contributed by atoms with Crippen molar-refractivity contribution in [1.29, 1.82) is 0 Å². The lowest BCUT2D eigenvalue weighted by Gasteiger charge is -2.60. The van der Waals surface area contributed by atoms with E-state index in [-0.39, 0.29) is 11.9 Å². The number of ether oxygens (including phenoxy) is 2. The van der Waals surface area contributed by atoms with Crippen LogP contribution in [0.25, 0.3) is 0 Å². The van der Waals surface area contributed by atoms with Gasteiger partial charge >= 0.3 is 0 Å². The van der Waals surface area contributed by atoms with Crippen molar-refractivity contribution in [2.24, 2.45) is 22.7 Å². The van der Waals surface area contributed by atoms with E-state index in [4.69, 9.17) is 9.47 Å². The van der Waals surface area contributed by atoms with Crippen molar-refractivity contribution >= 4 is 0 Å². The predicted molar refractivity (Wildman–Crippen MR) is 70.1 cm³/mol. The monoisotopic (exact) mass is 250 g/mol. The van der Waals surface area contributed by atoms with Gasteiger partial charge in [0.25, 0.3) is 0 Å². The molecule has 0 amide bonds. The summed E-state index contributed by atoms with van der Waals surface area (Å²) >= 11 is 0. The van der Waals surface area contributed by atoms with Crippen molar-refractivity contribution in [3.8, 4) is 0 Å². The zero-order valence-electron chi connectivity index (χ0n) is 12.0. The lowest BCUT2D eigenvalue weighted by Crippen LogP contribution is -2.58. The Morgan fingerprint density at radius 1 is 1.00 bits per heavy atom. The van der Waals surface area contributed by atoms with E-state index >= 15 is 0 Å². The molecule has 0 aromatic heterocycles. The first-order valence-corrected chi connectivity index (χ1v) is 7.76. The lowest BCUT2D eigenvalue weighted by atomic mass is 9.45. The Bertz CT molecular complexity index is 377. The predicted octanol–water partition coefficient (Wildman–Crippen LogP) is 3.74. The second kappa shape index (κ2) is 3.32. The average Bonchev–Trinajstić information content (AvgIpc) is 2.85. The van der Waals surface area contributed by atoms with Crippen molar-refractivity contribution in [3.63, 3.8) is 0 Å². The number of fused-ring (bicyclic) bond motifs is 3. The fourth-order valence-electron chi connectivity index (χ4n) is 6.14. The van der Waals surface area contributed by atoms with Crippen molar-refractivity contribution < 1.29 is 9.47 Å². The molecule has 0 aromatic carbocycles. The van der Waals surface area contributed by atoms with Crippen LogP contribution < -0.4 is 0 Å². The minimum Gasteiger partial charge on any atom is -0.350 e. The standard InChI is InChI=1S/C16H26O2/c1-14(2)6-4-7-15(3)11(14)5-8-16-10-17-13(18-16)9-12(15)16/h11-13H,4-10H2,1-3H3/t11-,12+,13-,15-,16-/m0/s1. The van der Waals surface area contributed by atoms with Crippen LogP contribution in [0.15, 0.2) is 0 Å². The van der Waals surface area contributed by atoms with Gasteiger partial charge in [-0.15, -0.1) is 0 Å². The van der Waals surface area contributed by atoms with Crippen LogP contribution >= 0.6 is 0 Å². The second-order valence-electron chi connectivity index (χ2n) is 8.15. The maximum absolute atomic E-state index is 6.22. The Kier molecular flexibility index (Phi) is 2.16. The normalized spacial score (nSPS) is 57.2. The highest BCUT2D eigenvalue weighted by Gasteiger charge is 2.66. The lowest BCUT2D eigenvalue weighted by molar-refractivity contribution is -0.145. The number of hydrogen-bond donors (Lipinski definition) is 0.